The summed E-state index contributed by atoms with van der Waals surface area (Å²) in [6.07, 6.45) is 2.48. The minimum Gasteiger partial charge on any atom is -0.371 e. The molecule has 2 heterocycles. The first-order chi connectivity index (χ1) is 9.78. The number of rotatable bonds is 4. The molecule has 1 saturated heterocycles. The molecule has 0 bridgehead atoms. The van der Waals surface area contributed by atoms with E-state index in [0.29, 0.717) is 12.0 Å². The Morgan fingerprint density at radius 3 is 3.05 bits per heavy atom. The molecule has 2 unspecified atom stereocenters. The Bertz CT molecular complexity index is 563. The number of hydrogen-bond acceptors (Lipinski definition) is 3. The average molecular weight is 288 g/mol. The molecule has 1 fully saturated rings. The van der Waals surface area contributed by atoms with Gasteiger partial charge in [-0.25, -0.2) is 0 Å². The number of hydrogen-bond donors (Lipinski definition) is 1. The van der Waals surface area contributed by atoms with E-state index in [-0.39, 0.29) is 0 Å². The van der Waals surface area contributed by atoms with Crippen LogP contribution in [0.4, 0.5) is 5.69 Å². The molecule has 0 amide bonds. The van der Waals surface area contributed by atoms with E-state index in [9.17, 15) is 0 Å². The van der Waals surface area contributed by atoms with Crippen LogP contribution in [0.3, 0.4) is 0 Å². The molecule has 0 radical (unpaired) electrons. The molecular formula is C17H24N2S. The third-order valence-corrected chi connectivity index (χ3v) is 5.26. The number of nitrogens with zero attached hydrogens (tertiary/aromatic N) is 1. The van der Waals surface area contributed by atoms with E-state index in [1.807, 2.05) is 11.3 Å². The van der Waals surface area contributed by atoms with Gasteiger partial charge in [0.2, 0.25) is 0 Å². The maximum Gasteiger partial charge on any atom is 0.0373 e. The molecule has 2 nitrogen and oxygen atoms in total. The highest BCUT2D eigenvalue weighted by Crippen LogP contribution is 2.29. The molecule has 1 aromatic heterocycles. The van der Waals surface area contributed by atoms with E-state index in [1.54, 1.807) is 0 Å². The Morgan fingerprint density at radius 2 is 2.25 bits per heavy atom. The molecule has 3 rings (SSSR count). The maximum absolute atomic E-state index is 3.69. The van der Waals surface area contributed by atoms with Crippen molar-refractivity contribution in [3.05, 3.63) is 29.6 Å². The fourth-order valence-corrected chi connectivity index (χ4v) is 3.93. The quantitative estimate of drug-likeness (QED) is 0.910. The molecule has 2 atom stereocenters. The Morgan fingerprint density at radius 1 is 1.35 bits per heavy atom. The van der Waals surface area contributed by atoms with Crippen LogP contribution in [0.5, 0.6) is 0 Å². The molecule has 1 aromatic carbocycles. The van der Waals surface area contributed by atoms with Gasteiger partial charge < -0.3 is 10.2 Å². The second kappa shape index (κ2) is 6.15. The second-order valence-corrected chi connectivity index (χ2v) is 6.86. The average Bonchev–Trinajstić information content (AvgIpc) is 2.93. The minimum absolute atomic E-state index is 0.691. The number of piperidine rings is 1. The molecule has 2 aromatic rings. The van der Waals surface area contributed by atoms with Crippen molar-refractivity contribution in [3.8, 4) is 0 Å². The monoisotopic (exact) mass is 288 g/mol. The summed E-state index contributed by atoms with van der Waals surface area (Å²) in [6.45, 7) is 8.10. The van der Waals surface area contributed by atoms with E-state index in [2.05, 4.69) is 53.7 Å². The predicted octanol–water partition coefficient (Wildman–Crippen LogP) is 4.12. The van der Waals surface area contributed by atoms with E-state index >= 15 is 0 Å². The summed E-state index contributed by atoms with van der Waals surface area (Å²) in [5.41, 5.74) is 1.39. The summed E-state index contributed by atoms with van der Waals surface area (Å²) in [7, 11) is 0. The molecule has 1 N–H and O–H groups in total. The smallest absolute Gasteiger partial charge is 0.0373 e. The second-order valence-electron chi connectivity index (χ2n) is 5.92. The molecule has 0 saturated carbocycles. The molecule has 1 aliphatic rings. The first-order valence-corrected chi connectivity index (χ1v) is 8.61. The van der Waals surface area contributed by atoms with Crippen molar-refractivity contribution in [1.29, 1.82) is 0 Å². The van der Waals surface area contributed by atoms with Crippen LogP contribution in [0, 0.1) is 5.92 Å². The van der Waals surface area contributed by atoms with Gasteiger partial charge in [-0.3, -0.25) is 0 Å². The van der Waals surface area contributed by atoms with Gasteiger partial charge in [0, 0.05) is 29.5 Å². The lowest BCUT2D eigenvalue weighted by Crippen LogP contribution is -2.48. The number of fused-ring (bicyclic) bond motifs is 1. The molecule has 108 valence electrons. The lowest BCUT2D eigenvalue weighted by molar-refractivity contribution is 0.322. The number of anilines is 1. The SMILES string of the molecule is CCCNC1CCN(c2ccc3sccc3c2)CC1C. The van der Waals surface area contributed by atoms with Crippen LogP contribution < -0.4 is 10.2 Å². The van der Waals surface area contributed by atoms with Gasteiger partial charge in [-0.2, -0.15) is 0 Å². The third-order valence-electron chi connectivity index (χ3n) is 4.36. The standard InChI is InChI=1S/C17H24N2S/c1-3-8-18-16-6-9-19(12-13(16)2)15-4-5-17-14(11-15)7-10-20-17/h4-5,7,10-11,13,16,18H,3,6,8-9,12H2,1-2H3. The number of thiophene rings is 1. The van der Waals surface area contributed by atoms with Gasteiger partial charge >= 0.3 is 0 Å². The molecule has 0 spiro atoms. The Labute approximate surface area is 125 Å². The molecule has 0 aliphatic carbocycles. The van der Waals surface area contributed by atoms with E-state index in [0.717, 1.165) is 13.1 Å². The Hall–Kier alpha value is -1.06. The topological polar surface area (TPSA) is 15.3 Å². The zero-order valence-corrected chi connectivity index (χ0v) is 13.2. The van der Waals surface area contributed by atoms with Crippen molar-refractivity contribution < 1.29 is 0 Å². The van der Waals surface area contributed by atoms with Crippen molar-refractivity contribution in [2.45, 2.75) is 32.7 Å². The van der Waals surface area contributed by atoms with Gasteiger partial charge in [0.15, 0.2) is 0 Å². The normalized spacial score (nSPS) is 23.4. The summed E-state index contributed by atoms with van der Waals surface area (Å²) in [5.74, 6) is 0.716. The van der Waals surface area contributed by atoms with Crippen LogP contribution in [-0.2, 0) is 0 Å². The van der Waals surface area contributed by atoms with E-state index in [4.69, 9.17) is 0 Å². The van der Waals surface area contributed by atoms with Gasteiger partial charge in [0.25, 0.3) is 0 Å². The zero-order chi connectivity index (χ0) is 13.9. The van der Waals surface area contributed by atoms with Crippen molar-refractivity contribution in [2.24, 2.45) is 5.92 Å². The van der Waals surface area contributed by atoms with Gasteiger partial charge in [0.1, 0.15) is 0 Å². The Balaban J connectivity index is 1.69. The highest BCUT2D eigenvalue weighted by molar-refractivity contribution is 7.17. The molecule has 1 aliphatic heterocycles. The third kappa shape index (κ3) is 2.84. The number of nitrogens with one attached hydrogen (secondary N) is 1. The zero-order valence-electron chi connectivity index (χ0n) is 12.4. The van der Waals surface area contributed by atoms with Crippen LogP contribution >= 0.6 is 11.3 Å². The lowest BCUT2D eigenvalue weighted by Gasteiger charge is -2.38. The minimum atomic E-state index is 0.691. The van der Waals surface area contributed by atoms with Gasteiger partial charge in [-0.05, 0) is 60.3 Å². The lowest BCUT2D eigenvalue weighted by atomic mass is 9.93. The van der Waals surface area contributed by atoms with E-state index in [1.165, 1.54) is 35.2 Å². The molecular weight excluding hydrogens is 264 g/mol. The first-order valence-electron chi connectivity index (χ1n) is 7.73. The maximum atomic E-state index is 3.69. The molecule has 20 heavy (non-hydrogen) atoms. The summed E-state index contributed by atoms with van der Waals surface area (Å²) in [6, 6.07) is 9.81. The fourth-order valence-electron chi connectivity index (χ4n) is 3.16. The largest absolute Gasteiger partial charge is 0.371 e. The van der Waals surface area contributed by atoms with Crippen molar-refractivity contribution in [3.63, 3.8) is 0 Å². The van der Waals surface area contributed by atoms with Gasteiger partial charge in [-0.1, -0.05) is 13.8 Å². The van der Waals surface area contributed by atoms with Crippen molar-refractivity contribution in [2.75, 3.05) is 24.5 Å². The summed E-state index contributed by atoms with van der Waals surface area (Å²) in [4.78, 5) is 2.55. The van der Waals surface area contributed by atoms with Crippen LogP contribution in [-0.4, -0.2) is 25.7 Å². The van der Waals surface area contributed by atoms with Gasteiger partial charge in [0.05, 0.1) is 0 Å². The van der Waals surface area contributed by atoms with Crippen LogP contribution in [0.25, 0.3) is 10.1 Å². The summed E-state index contributed by atoms with van der Waals surface area (Å²) < 4.78 is 1.39. The predicted molar refractivity (Wildman–Crippen MR) is 89.9 cm³/mol. The number of benzene rings is 1. The summed E-state index contributed by atoms with van der Waals surface area (Å²) in [5, 5.41) is 7.25. The Kier molecular flexibility index (Phi) is 4.27. The van der Waals surface area contributed by atoms with Crippen LogP contribution in [0.1, 0.15) is 26.7 Å². The van der Waals surface area contributed by atoms with Crippen LogP contribution in [0.2, 0.25) is 0 Å². The summed E-state index contributed by atoms with van der Waals surface area (Å²) >= 11 is 1.82. The van der Waals surface area contributed by atoms with Crippen molar-refractivity contribution >= 4 is 27.1 Å². The highest BCUT2D eigenvalue weighted by Gasteiger charge is 2.25. The fraction of sp³-hybridized carbons (Fsp3) is 0.529. The van der Waals surface area contributed by atoms with Gasteiger partial charge in [-0.15, -0.1) is 11.3 Å². The van der Waals surface area contributed by atoms with E-state index < -0.39 is 0 Å². The van der Waals surface area contributed by atoms with Crippen molar-refractivity contribution in [1.82, 2.24) is 5.32 Å². The molecule has 3 heteroatoms. The van der Waals surface area contributed by atoms with Crippen LogP contribution in [0.15, 0.2) is 29.6 Å². The highest BCUT2D eigenvalue weighted by atomic mass is 32.1. The first kappa shape index (κ1) is 13.9.